The fraction of sp³-hybridized carbons (Fsp3) is 0.500. The van der Waals surface area contributed by atoms with Gasteiger partial charge in [-0.2, -0.15) is 0 Å². The summed E-state index contributed by atoms with van der Waals surface area (Å²) in [7, 11) is 0. The van der Waals surface area contributed by atoms with Gasteiger partial charge < -0.3 is 0 Å². The Labute approximate surface area is 146 Å². The first-order valence-corrected chi connectivity index (χ1v) is 9.89. The highest BCUT2D eigenvalue weighted by molar-refractivity contribution is 5.46. The van der Waals surface area contributed by atoms with Gasteiger partial charge in [-0.1, -0.05) is 61.1 Å². The summed E-state index contributed by atoms with van der Waals surface area (Å²) >= 11 is 0. The predicted octanol–water partition coefficient (Wildman–Crippen LogP) is 6.57. The topological polar surface area (TPSA) is 0 Å². The third-order valence-electron chi connectivity index (χ3n) is 7.41. The van der Waals surface area contributed by atoms with Gasteiger partial charge in [0.15, 0.2) is 0 Å². The van der Waals surface area contributed by atoms with Gasteiger partial charge in [0.25, 0.3) is 0 Å². The summed E-state index contributed by atoms with van der Waals surface area (Å²) in [6.07, 6.45) is 17.0. The van der Waals surface area contributed by atoms with E-state index in [1.807, 2.05) is 5.57 Å². The predicted molar refractivity (Wildman–Crippen MR) is 101 cm³/mol. The number of hydrogen-bond acceptors (Lipinski definition) is 0. The van der Waals surface area contributed by atoms with Crippen LogP contribution in [0, 0.1) is 17.3 Å². The molecule has 1 fully saturated rings. The van der Waals surface area contributed by atoms with Gasteiger partial charge in [0.05, 0.1) is 0 Å². The van der Waals surface area contributed by atoms with Crippen molar-refractivity contribution in [3.05, 3.63) is 70.8 Å². The Bertz CT molecular complexity index is 733. The SMILES string of the molecule is C[C@@]12CC=C[C@H]1[C@@H]1CCC3=CC(c4ccccc4)CCC3=C1CC2. The van der Waals surface area contributed by atoms with Crippen LogP contribution in [0.4, 0.5) is 0 Å². The van der Waals surface area contributed by atoms with E-state index in [0.29, 0.717) is 11.3 Å². The molecule has 1 aromatic rings. The number of allylic oxidation sites excluding steroid dienone is 6. The Morgan fingerprint density at radius 3 is 2.75 bits per heavy atom. The maximum atomic E-state index is 2.62. The first-order valence-electron chi connectivity index (χ1n) is 9.89. The second-order valence-electron chi connectivity index (χ2n) is 8.71. The van der Waals surface area contributed by atoms with Gasteiger partial charge in [-0.25, -0.2) is 0 Å². The highest BCUT2D eigenvalue weighted by atomic mass is 14.5. The van der Waals surface area contributed by atoms with Gasteiger partial charge in [0.2, 0.25) is 0 Å². The second kappa shape index (κ2) is 5.48. The van der Waals surface area contributed by atoms with Crippen molar-refractivity contribution >= 4 is 0 Å². The summed E-state index contributed by atoms with van der Waals surface area (Å²) in [5, 5.41) is 0. The Morgan fingerprint density at radius 2 is 1.88 bits per heavy atom. The summed E-state index contributed by atoms with van der Waals surface area (Å²) in [4.78, 5) is 0. The number of benzene rings is 1. The van der Waals surface area contributed by atoms with Crippen LogP contribution in [0.1, 0.15) is 63.4 Å². The smallest absolute Gasteiger partial charge is 0.00270 e. The van der Waals surface area contributed by atoms with Gasteiger partial charge in [-0.15, -0.1) is 0 Å². The molecule has 0 nitrogen and oxygen atoms in total. The fourth-order valence-corrected chi connectivity index (χ4v) is 6.05. The van der Waals surface area contributed by atoms with Crippen LogP contribution < -0.4 is 0 Å². The zero-order chi connectivity index (χ0) is 16.1. The van der Waals surface area contributed by atoms with Crippen molar-refractivity contribution in [3.8, 4) is 0 Å². The van der Waals surface area contributed by atoms with E-state index in [9.17, 15) is 0 Å². The summed E-state index contributed by atoms with van der Waals surface area (Å²) in [5.74, 6) is 2.31. The maximum Gasteiger partial charge on any atom is 0.00270 e. The number of hydrogen-bond donors (Lipinski definition) is 0. The van der Waals surface area contributed by atoms with Crippen LogP contribution in [0.15, 0.2) is 65.3 Å². The molecule has 0 heterocycles. The third-order valence-corrected chi connectivity index (χ3v) is 7.41. The molecule has 1 unspecified atom stereocenters. The van der Waals surface area contributed by atoms with E-state index in [2.05, 4.69) is 55.5 Å². The van der Waals surface area contributed by atoms with E-state index in [1.165, 1.54) is 50.5 Å². The van der Waals surface area contributed by atoms with Crippen molar-refractivity contribution in [1.29, 1.82) is 0 Å². The number of fused-ring (bicyclic) bond motifs is 4. The zero-order valence-electron chi connectivity index (χ0n) is 14.8. The summed E-state index contributed by atoms with van der Waals surface area (Å²) < 4.78 is 0. The molecular weight excluding hydrogens is 288 g/mol. The fourth-order valence-electron chi connectivity index (χ4n) is 6.05. The van der Waals surface area contributed by atoms with Crippen molar-refractivity contribution in [1.82, 2.24) is 0 Å². The highest BCUT2D eigenvalue weighted by Crippen LogP contribution is 2.58. The van der Waals surface area contributed by atoms with Gasteiger partial charge in [0, 0.05) is 5.92 Å². The molecule has 4 atom stereocenters. The second-order valence-corrected chi connectivity index (χ2v) is 8.71. The molecule has 5 rings (SSSR count). The maximum absolute atomic E-state index is 2.62. The van der Waals surface area contributed by atoms with Crippen LogP contribution in [0.25, 0.3) is 0 Å². The Kier molecular flexibility index (Phi) is 3.37. The van der Waals surface area contributed by atoms with Crippen LogP contribution in [0.3, 0.4) is 0 Å². The first-order chi connectivity index (χ1) is 11.7. The zero-order valence-corrected chi connectivity index (χ0v) is 14.8. The Morgan fingerprint density at radius 1 is 1.00 bits per heavy atom. The normalized spacial score (nSPS) is 37.5. The molecule has 0 bridgehead atoms. The van der Waals surface area contributed by atoms with E-state index in [-0.39, 0.29) is 0 Å². The standard InChI is InChI=1S/C24H28/c1-24-14-5-8-23(24)22-12-10-19-16-18(17-6-3-2-4-7-17)9-11-20(19)21(22)13-15-24/h2-8,16,18,22-23H,9-15H2,1H3/t18?,22-,23+,24+/m1/s1. The summed E-state index contributed by atoms with van der Waals surface area (Å²) in [6, 6.07) is 11.1. The lowest BCUT2D eigenvalue weighted by molar-refractivity contribution is 0.139. The molecule has 0 heteroatoms. The highest BCUT2D eigenvalue weighted by Gasteiger charge is 2.46. The van der Waals surface area contributed by atoms with Crippen molar-refractivity contribution in [2.24, 2.45) is 17.3 Å². The van der Waals surface area contributed by atoms with E-state index < -0.39 is 0 Å². The minimum atomic E-state index is 0.567. The van der Waals surface area contributed by atoms with Crippen LogP contribution in [-0.2, 0) is 0 Å². The molecule has 0 N–H and O–H groups in total. The average molecular weight is 316 g/mol. The molecule has 24 heavy (non-hydrogen) atoms. The van der Waals surface area contributed by atoms with Gasteiger partial charge in [-0.05, 0) is 78.9 Å². The molecule has 1 saturated carbocycles. The quantitative estimate of drug-likeness (QED) is 0.514. The first kappa shape index (κ1) is 14.8. The molecule has 1 aromatic carbocycles. The monoisotopic (exact) mass is 316 g/mol. The Hall–Kier alpha value is -1.56. The Balaban J connectivity index is 1.49. The lowest BCUT2D eigenvalue weighted by Gasteiger charge is -2.47. The molecule has 0 radical (unpaired) electrons. The van der Waals surface area contributed by atoms with Gasteiger partial charge in [0.1, 0.15) is 0 Å². The summed E-state index contributed by atoms with van der Waals surface area (Å²) in [5.41, 5.74) is 7.41. The molecule has 0 aliphatic heterocycles. The van der Waals surface area contributed by atoms with Gasteiger partial charge in [-0.3, -0.25) is 0 Å². The average Bonchev–Trinajstić information content (AvgIpc) is 3.03. The molecule has 0 amide bonds. The number of rotatable bonds is 1. The molecule has 124 valence electrons. The van der Waals surface area contributed by atoms with E-state index in [0.717, 1.165) is 11.8 Å². The van der Waals surface area contributed by atoms with Crippen LogP contribution in [0.5, 0.6) is 0 Å². The van der Waals surface area contributed by atoms with Crippen molar-refractivity contribution in [3.63, 3.8) is 0 Å². The van der Waals surface area contributed by atoms with Crippen LogP contribution in [-0.4, -0.2) is 0 Å². The molecule has 0 spiro atoms. The van der Waals surface area contributed by atoms with Crippen molar-refractivity contribution in [2.45, 2.75) is 57.8 Å². The van der Waals surface area contributed by atoms with Crippen LogP contribution in [0.2, 0.25) is 0 Å². The van der Waals surface area contributed by atoms with E-state index in [4.69, 9.17) is 0 Å². The molecule has 0 aromatic heterocycles. The van der Waals surface area contributed by atoms with E-state index >= 15 is 0 Å². The minimum absolute atomic E-state index is 0.567. The molecular formula is C24H28. The molecule has 4 aliphatic rings. The van der Waals surface area contributed by atoms with E-state index in [1.54, 1.807) is 11.1 Å². The molecule has 4 aliphatic carbocycles. The van der Waals surface area contributed by atoms with Crippen LogP contribution >= 0.6 is 0 Å². The third kappa shape index (κ3) is 2.19. The van der Waals surface area contributed by atoms with Crippen molar-refractivity contribution in [2.75, 3.05) is 0 Å². The van der Waals surface area contributed by atoms with Crippen molar-refractivity contribution < 1.29 is 0 Å². The van der Waals surface area contributed by atoms with Gasteiger partial charge >= 0.3 is 0 Å². The lowest BCUT2D eigenvalue weighted by Crippen LogP contribution is -2.37. The molecule has 0 saturated heterocycles. The summed E-state index contributed by atoms with van der Waals surface area (Å²) in [6.45, 7) is 2.54. The lowest BCUT2D eigenvalue weighted by atomic mass is 9.57. The minimum Gasteiger partial charge on any atom is -0.0877 e. The largest absolute Gasteiger partial charge is 0.0877 e.